The van der Waals surface area contributed by atoms with E-state index in [4.69, 9.17) is 4.74 Å². The van der Waals surface area contributed by atoms with Crippen molar-refractivity contribution in [2.24, 2.45) is 10.9 Å². The highest BCUT2D eigenvalue weighted by atomic mass is 16.5. The molecule has 31 heavy (non-hydrogen) atoms. The summed E-state index contributed by atoms with van der Waals surface area (Å²) in [6, 6.07) is 16.8. The Kier molecular flexibility index (Phi) is 6.87. The number of nitrogens with zero attached hydrogens (tertiary/aromatic N) is 3. The fourth-order valence-electron chi connectivity index (χ4n) is 3.43. The van der Waals surface area contributed by atoms with Crippen molar-refractivity contribution in [3.63, 3.8) is 0 Å². The van der Waals surface area contributed by atoms with E-state index in [-0.39, 0.29) is 0 Å². The Morgan fingerprint density at radius 3 is 2.71 bits per heavy atom. The third kappa shape index (κ3) is 6.10. The quantitative estimate of drug-likeness (QED) is 0.410. The van der Waals surface area contributed by atoms with Gasteiger partial charge in [-0.2, -0.15) is 0 Å². The lowest BCUT2D eigenvalue weighted by Crippen LogP contribution is -2.37. The highest BCUT2D eigenvalue weighted by Crippen LogP contribution is 2.30. The molecule has 6 nitrogen and oxygen atoms in total. The van der Waals surface area contributed by atoms with Gasteiger partial charge in [0.15, 0.2) is 5.96 Å². The van der Waals surface area contributed by atoms with Gasteiger partial charge >= 0.3 is 0 Å². The molecule has 0 aliphatic heterocycles. The largest absolute Gasteiger partial charge is 0.493 e. The van der Waals surface area contributed by atoms with Gasteiger partial charge in [0.05, 0.1) is 13.2 Å². The minimum atomic E-state index is 0.596. The minimum Gasteiger partial charge on any atom is -0.493 e. The maximum atomic E-state index is 6.09. The predicted molar refractivity (Wildman–Crippen MR) is 124 cm³/mol. The molecule has 1 aliphatic carbocycles. The standard InChI is InChI=1S/C25H31N5O/c1-19-8-11-22(23(14-19)31-18-21-9-10-21)15-28-25(26-2)29-16-24-27-12-13-30(24)17-20-6-4-3-5-7-20/h3-8,11-14,21H,9-10,15-18H2,1-2H3,(H2,26,28,29). The summed E-state index contributed by atoms with van der Waals surface area (Å²) in [7, 11) is 1.78. The molecule has 4 rings (SSSR count). The Morgan fingerprint density at radius 1 is 1.13 bits per heavy atom. The van der Waals surface area contributed by atoms with Crippen molar-refractivity contribution in [2.75, 3.05) is 13.7 Å². The Hall–Kier alpha value is -3.28. The van der Waals surface area contributed by atoms with Crippen LogP contribution in [0.25, 0.3) is 0 Å². The fraction of sp³-hybridized carbons (Fsp3) is 0.360. The predicted octanol–water partition coefficient (Wildman–Crippen LogP) is 3.89. The molecule has 1 saturated carbocycles. The Bertz CT molecular complexity index is 1010. The Balaban J connectivity index is 1.32. The van der Waals surface area contributed by atoms with Crippen LogP contribution in [0.4, 0.5) is 0 Å². The zero-order chi connectivity index (χ0) is 21.5. The first-order valence-corrected chi connectivity index (χ1v) is 10.9. The van der Waals surface area contributed by atoms with Crippen molar-refractivity contribution < 1.29 is 4.74 Å². The lowest BCUT2D eigenvalue weighted by atomic mass is 10.1. The van der Waals surface area contributed by atoms with Gasteiger partial charge in [-0.3, -0.25) is 4.99 Å². The monoisotopic (exact) mass is 417 g/mol. The number of benzene rings is 2. The molecule has 1 fully saturated rings. The number of aromatic nitrogens is 2. The smallest absolute Gasteiger partial charge is 0.191 e. The molecule has 1 aromatic heterocycles. The number of aryl methyl sites for hydroxylation is 1. The van der Waals surface area contributed by atoms with Crippen LogP contribution in [0.15, 0.2) is 65.9 Å². The molecule has 6 heteroatoms. The number of aliphatic imine (C=N–C) groups is 1. The Labute approximate surface area is 184 Å². The third-order valence-electron chi connectivity index (χ3n) is 5.48. The second-order valence-electron chi connectivity index (χ2n) is 8.10. The van der Waals surface area contributed by atoms with Crippen molar-refractivity contribution in [1.82, 2.24) is 20.2 Å². The van der Waals surface area contributed by atoms with Crippen molar-refractivity contribution >= 4 is 5.96 Å². The van der Waals surface area contributed by atoms with Crippen molar-refractivity contribution in [2.45, 2.75) is 39.4 Å². The van der Waals surface area contributed by atoms with Gasteiger partial charge in [0, 0.05) is 38.1 Å². The first-order valence-electron chi connectivity index (χ1n) is 10.9. The van der Waals surface area contributed by atoms with Gasteiger partial charge in [0.2, 0.25) is 0 Å². The molecule has 1 aliphatic rings. The molecular formula is C25H31N5O. The molecule has 0 amide bonds. The van der Waals surface area contributed by atoms with E-state index in [1.165, 1.54) is 24.0 Å². The minimum absolute atomic E-state index is 0.596. The summed E-state index contributed by atoms with van der Waals surface area (Å²) in [6.07, 6.45) is 6.42. The van der Waals surface area contributed by atoms with E-state index >= 15 is 0 Å². The lowest BCUT2D eigenvalue weighted by molar-refractivity contribution is 0.296. The summed E-state index contributed by atoms with van der Waals surface area (Å²) >= 11 is 0. The van der Waals surface area contributed by atoms with Crippen LogP contribution in [0.1, 0.15) is 35.4 Å². The maximum Gasteiger partial charge on any atom is 0.191 e. The van der Waals surface area contributed by atoms with Crippen LogP contribution in [0.3, 0.4) is 0 Å². The molecule has 0 saturated heterocycles. The summed E-state index contributed by atoms with van der Waals surface area (Å²) in [4.78, 5) is 8.87. The summed E-state index contributed by atoms with van der Waals surface area (Å²) < 4.78 is 8.24. The Morgan fingerprint density at radius 2 is 1.94 bits per heavy atom. The van der Waals surface area contributed by atoms with Gasteiger partial charge < -0.3 is 19.9 Å². The average molecular weight is 418 g/mol. The van der Waals surface area contributed by atoms with E-state index in [0.717, 1.165) is 42.2 Å². The highest BCUT2D eigenvalue weighted by Gasteiger charge is 2.22. The number of guanidine groups is 1. The van der Waals surface area contributed by atoms with Gasteiger partial charge in [-0.25, -0.2) is 4.98 Å². The van der Waals surface area contributed by atoms with E-state index in [9.17, 15) is 0 Å². The van der Waals surface area contributed by atoms with E-state index in [1.54, 1.807) is 7.05 Å². The molecule has 2 N–H and O–H groups in total. The third-order valence-corrected chi connectivity index (χ3v) is 5.48. The fourth-order valence-corrected chi connectivity index (χ4v) is 3.43. The van der Waals surface area contributed by atoms with Gasteiger partial charge in [-0.05, 0) is 42.9 Å². The molecule has 0 bridgehead atoms. The summed E-state index contributed by atoms with van der Waals surface area (Å²) in [5.41, 5.74) is 3.60. The zero-order valence-corrected chi connectivity index (χ0v) is 18.3. The van der Waals surface area contributed by atoms with Crippen LogP contribution in [0, 0.1) is 12.8 Å². The number of ether oxygens (including phenoxy) is 1. The maximum absolute atomic E-state index is 6.09. The van der Waals surface area contributed by atoms with Crippen LogP contribution >= 0.6 is 0 Å². The number of imidazole rings is 1. The van der Waals surface area contributed by atoms with Crippen molar-refractivity contribution in [3.05, 3.63) is 83.4 Å². The number of rotatable bonds is 9. The van der Waals surface area contributed by atoms with E-state index in [1.807, 2.05) is 18.5 Å². The molecule has 3 aromatic rings. The highest BCUT2D eigenvalue weighted by molar-refractivity contribution is 5.79. The van der Waals surface area contributed by atoms with Gasteiger partial charge in [0.25, 0.3) is 0 Å². The second kappa shape index (κ2) is 10.2. The lowest BCUT2D eigenvalue weighted by Gasteiger charge is -2.16. The molecular weight excluding hydrogens is 386 g/mol. The molecule has 0 radical (unpaired) electrons. The second-order valence-corrected chi connectivity index (χ2v) is 8.10. The topological polar surface area (TPSA) is 63.5 Å². The SMILES string of the molecule is CN=C(NCc1ccc(C)cc1OCC1CC1)NCc1nccn1Cc1ccccc1. The summed E-state index contributed by atoms with van der Waals surface area (Å²) in [5.74, 6) is 3.40. The van der Waals surface area contributed by atoms with E-state index in [2.05, 4.69) is 74.6 Å². The molecule has 1 heterocycles. The van der Waals surface area contributed by atoms with Crippen LogP contribution in [-0.2, 0) is 19.6 Å². The first-order chi connectivity index (χ1) is 15.2. The van der Waals surface area contributed by atoms with Gasteiger partial charge in [-0.1, -0.05) is 42.5 Å². The van der Waals surface area contributed by atoms with Crippen molar-refractivity contribution in [3.8, 4) is 5.75 Å². The van der Waals surface area contributed by atoms with Crippen LogP contribution in [-0.4, -0.2) is 29.2 Å². The number of hydrogen-bond donors (Lipinski definition) is 2. The zero-order valence-electron chi connectivity index (χ0n) is 18.3. The molecule has 0 atom stereocenters. The number of nitrogens with one attached hydrogen (secondary N) is 2. The average Bonchev–Trinajstić information content (AvgIpc) is 3.52. The molecule has 162 valence electrons. The van der Waals surface area contributed by atoms with Gasteiger partial charge in [-0.15, -0.1) is 0 Å². The normalized spacial score (nSPS) is 13.8. The van der Waals surface area contributed by atoms with E-state index < -0.39 is 0 Å². The molecule has 2 aromatic carbocycles. The molecule has 0 unspecified atom stereocenters. The first kappa shape index (κ1) is 21.0. The van der Waals surface area contributed by atoms with Gasteiger partial charge in [0.1, 0.15) is 11.6 Å². The van der Waals surface area contributed by atoms with Crippen molar-refractivity contribution in [1.29, 1.82) is 0 Å². The van der Waals surface area contributed by atoms with E-state index in [0.29, 0.717) is 13.1 Å². The van der Waals surface area contributed by atoms with Crippen LogP contribution in [0.5, 0.6) is 5.75 Å². The van der Waals surface area contributed by atoms with Crippen LogP contribution < -0.4 is 15.4 Å². The van der Waals surface area contributed by atoms with Crippen LogP contribution in [0.2, 0.25) is 0 Å². The molecule has 0 spiro atoms. The summed E-state index contributed by atoms with van der Waals surface area (Å²) in [6.45, 7) is 4.96. The summed E-state index contributed by atoms with van der Waals surface area (Å²) in [5, 5.41) is 6.78. The number of hydrogen-bond acceptors (Lipinski definition) is 3.